The Morgan fingerprint density at radius 1 is 1.13 bits per heavy atom. The predicted octanol–water partition coefficient (Wildman–Crippen LogP) is 4.75. The smallest absolute Gasteiger partial charge is 0.0991 e. The van der Waals surface area contributed by atoms with Gasteiger partial charge in [-0.3, -0.25) is 0 Å². The molecule has 0 saturated heterocycles. The highest BCUT2D eigenvalue weighted by molar-refractivity contribution is 5.69. The molecule has 0 aliphatic heterocycles. The zero-order valence-corrected chi connectivity index (χ0v) is 13.2. The highest BCUT2D eigenvalue weighted by Gasteiger charge is 2.08. The maximum Gasteiger partial charge on any atom is 0.0991 e. The highest BCUT2D eigenvalue weighted by atomic mass is 15.0. The van der Waals surface area contributed by atoms with Crippen molar-refractivity contribution in [2.45, 2.75) is 26.2 Å². The number of rotatable bonds is 5. The SMILES string of the molecule is CCCCc1cc(-n2ccnc2)ccc1-c1ccc(C#N)cc1. The lowest BCUT2D eigenvalue weighted by atomic mass is 9.95. The van der Waals surface area contributed by atoms with Gasteiger partial charge >= 0.3 is 0 Å². The highest BCUT2D eigenvalue weighted by Crippen LogP contribution is 2.27. The summed E-state index contributed by atoms with van der Waals surface area (Å²) in [6.45, 7) is 2.21. The fraction of sp³-hybridized carbons (Fsp3) is 0.200. The number of imidazole rings is 1. The Hall–Kier alpha value is -2.86. The quantitative estimate of drug-likeness (QED) is 0.682. The van der Waals surface area contributed by atoms with Crippen LogP contribution in [0.2, 0.25) is 0 Å². The van der Waals surface area contributed by atoms with Crippen LogP contribution in [-0.4, -0.2) is 9.55 Å². The summed E-state index contributed by atoms with van der Waals surface area (Å²) in [5, 5.41) is 8.95. The molecule has 1 heterocycles. The standard InChI is InChI=1S/C20H19N3/c1-2-3-4-18-13-19(23-12-11-22-15-23)9-10-20(18)17-7-5-16(14-21)6-8-17/h5-13,15H,2-4H2,1H3. The normalized spacial score (nSPS) is 10.4. The molecule has 0 atom stereocenters. The largest absolute Gasteiger partial charge is 0.306 e. The fourth-order valence-electron chi connectivity index (χ4n) is 2.73. The second-order valence-electron chi connectivity index (χ2n) is 5.60. The molecule has 0 bridgehead atoms. The molecule has 0 radical (unpaired) electrons. The molecule has 3 nitrogen and oxygen atoms in total. The molecule has 3 heteroatoms. The number of hydrogen-bond acceptors (Lipinski definition) is 2. The van der Waals surface area contributed by atoms with E-state index in [1.165, 1.54) is 17.5 Å². The molecule has 3 aromatic rings. The molecule has 0 fully saturated rings. The van der Waals surface area contributed by atoms with Gasteiger partial charge in [-0.05, 0) is 53.8 Å². The average Bonchev–Trinajstić information content (AvgIpc) is 3.14. The van der Waals surface area contributed by atoms with E-state index in [-0.39, 0.29) is 0 Å². The molecule has 0 unspecified atom stereocenters. The first-order valence-electron chi connectivity index (χ1n) is 7.93. The topological polar surface area (TPSA) is 41.6 Å². The third kappa shape index (κ3) is 3.32. The maximum atomic E-state index is 8.95. The minimum absolute atomic E-state index is 0.693. The van der Waals surface area contributed by atoms with Gasteiger partial charge in [-0.25, -0.2) is 4.98 Å². The third-order valence-corrected chi connectivity index (χ3v) is 4.02. The van der Waals surface area contributed by atoms with Crippen LogP contribution < -0.4 is 0 Å². The minimum Gasteiger partial charge on any atom is -0.306 e. The summed E-state index contributed by atoms with van der Waals surface area (Å²) in [6, 6.07) is 16.5. The van der Waals surface area contributed by atoms with Crippen LogP contribution in [0.5, 0.6) is 0 Å². The van der Waals surface area contributed by atoms with Crippen molar-refractivity contribution >= 4 is 0 Å². The summed E-state index contributed by atoms with van der Waals surface area (Å²) in [5.41, 5.74) is 5.56. The molecule has 0 aliphatic rings. The van der Waals surface area contributed by atoms with Gasteiger partial charge in [0.25, 0.3) is 0 Å². The summed E-state index contributed by atoms with van der Waals surface area (Å²) in [6.07, 6.45) is 8.95. The van der Waals surface area contributed by atoms with E-state index in [4.69, 9.17) is 5.26 Å². The molecule has 3 rings (SSSR count). The Kier molecular flexibility index (Phi) is 4.54. The van der Waals surface area contributed by atoms with Crippen molar-refractivity contribution in [1.82, 2.24) is 9.55 Å². The van der Waals surface area contributed by atoms with Crippen LogP contribution in [0, 0.1) is 11.3 Å². The first kappa shape index (κ1) is 15.1. The van der Waals surface area contributed by atoms with E-state index in [1.54, 1.807) is 6.20 Å². The van der Waals surface area contributed by atoms with Gasteiger partial charge in [0.1, 0.15) is 0 Å². The van der Waals surface area contributed by atoms with Crippen LogP contribution in [0.25, 0.3) is 16.8 Å². The predicted molar refractivity (Wildman–Crippen MR) is 92.3 cm³/mol. The molecule has 0 saturated carbocycles. The zero-order valence-electron chi connectivity index (χ0n) is 13.2. The van der Waals surface area contributed by atoms with Crippen molar-refractivity contribution in [2.75, 3.05) is 0 Å². The average molecular weight is 301 g/mol. The van der Waals surface area contributed by atoms with Gasteiger partial charge in [0.05, 0.1) is 18.0 Å². The molecule has 0 N–H and O–H groups in total. The number of nitrogens with zero attached hydrogens (tertiary/aromatic N) is 3. The Balaban J connectivity index is 2.02. The van der Waals surface area contributed by atoms with Crippen LogP contribution in [0.3, 0.4) is 0 Å². The first-order chi connectivity index (χ1) is 11.3. The van der Waals surface area contributed by atoms with Gasteiger partial charge in [0.15, 0.2) is 0 Å². The number of hydrogen-bond donors (Lipinski definition) is 0. The molecular weight excluding hydrogens is 282 g/mol. The number of nitriles is 1. The second kappa shape index (κ2) is 6.93. The van der Waals surface area contributed by atoms with Crippen LogP contribution in [-0.2, 0) is 6.42 Å². The summed E-state index contributed by atoms with van der Waals surface area (Å²) in [5.74, 6) is 0. The van der Waals surface area contributed by atoms with Crippen LogP contribution in [0.4, 0.5) is 0 Å². The number of aryl methyl sites for hydroxylation is 1. The third-order valence-electron chi connectivity index (χ3n) is 4.02. The Labute approximate surface area is 136 Å². The molecule has 1 aromatic heterocycles. The van der Waals surface area contributed by atoms with E-state index >= 15 is 0 Å². The van der Waals surface area contributed by atoms with Crippen LogP contribution in [0.1, 0.15) is 30.9 Å². The number of aromatic nitrogens is 2. The summed E-state index contributed by atoms with van der Waals surface area (Å²) in [7, 11) is 0. The number of benzene rings is 2. The Bertz CT molecular complexity index is 809. The van der Waals surface area contributed by atoms with Gasteiger partial charge in [-0.2, -0.15) is 5.26 Å². The summed E-state index contributed by atoms with van der Waals surface area (Å²) >= 11 is 0. The van der Waals surface area contributed by atoms with Gasteiger partial charge in [-0.1, -0.05) is 31.5 Å². The van der Waals surface area contributed by atoms with Crippen molar-refractivity contribution in [3.63, 3.8) is 0 Å². The van der Waals surface area contributed by atoms with E-state index in [0.29, 0.717) is 5.56 Å². The maximum absolute atomic E-state index is 8.95. The van der Waals surface area contributed by atoms with Gasteiger partial charge in [0, 0.05) is 18.1 Å². The molecule has 114 valence electrons. The molecule has 23 heavy (non-hydrogen) atoms. The lowest BCUT2D eigenvalue weighted by Crippen LogP contribution is -1.96. The lowest BCUT2D eigenvalue weighted by Gasteiger charge is -2.13. The zero-order chi connectivity index (χ0) is 16.1. The van der Waals surface area contributed by atoms with Crippen LogP contribution in [0.15, 0.2) is 61.2 Å². The number of unbranched alkanes of at least 4 members (excludes halogenated alkanes) is 1. The van der Waals surface area contributed by atoms with Crippen molar-refractivity contribution in [1.29, 1.82) is 5.26 Å². The van der Waals surface area contributed by atoms with Crippen molar-refractivity contribution < 1.29 is 0 Å². The van der Waals surface area contributed by atoms with Crippen LogP contribution >= 0.6 is 0 Å². The molecular formula is C20H19N3. The van der Waals surface area contributed by atoms with Crippen molar-refractivity contribution in [3.8, 4) is 22.9 Å². The molecule has 2 aromatic carbocycles. The summed E-state index contributed by atoms with van der Waals surface area (Å²) in [4.78, 5) is 4.12. The van der Waals surface area contributed by atoms with E-state index < -0.39 is 0 Å². The first-order valence-corrected chi connectivity index (χ1v) is 7.93. The lowest BCUT2D eigenvalue weighted by molar-refractivity contribution is 0.795. The van der Waals surface area contributed by atoms with E-state index in [9.17, 15) is 0 Å². The van der Waals surface area contributed by atoms with E-state index in [2.05, 4.69) is 36.2 Å². The minimum atomic E-state index is 0.693. The second-order valence-corrected chi connectivity index (χ2v) is 5.60. The van der Waals surface area contributed by atoms with Gasteiger partial charge < -0.3 is 4.57 Å². The molecule has 0 amide bonds. The van der Waals surface area contributed by atoms with Crippen molar-refractivity contribution in [3.05, 3.63) is 72.3 Å². The fourth-order valence-corrected chi connectivity index (χ4v) is 2.73. The monoisotopic (exact) mass is 301 g/mol. The summed E-state index contributed by atoms with van der Waals surface area (Å²) < 4.78 is 2.03. The Morgan fingerprint density at radius 2 is 1.96 bits per heavy atom. The van der Waals surface area contributed by atoms with Crippen molar-refractivity contribution in [2.24, 2.45) is 0 Å². The Morgan fingerprint density at radius 3 is 2.61 bits per heavy atom. The van der Waals surface area contributed by atoms with E-state index in [1.807, 2.05) is 41.4 Å². The van der Waals surface area contributed by atoms with E-state index in [0.717, 1.165) is 24.1 Å². The molecule has 0 aliphatic carbocycles. The molecule has 0 spiro atoms. The van der Waals surface area contributed by atoms with Gasteiger partial charge in [0.2, 0.25) is 0 Å². The van der Waals surface area contributed by atoms with Gasteiger partial charge in [-0.15, -0.1) is 0 Å².